The standard InChI is InChI=1S/C26H25ClFN5O4/c1-5-18(35)32-9-10-33-15(11-32)12-37-25-21(26(33)36)23(19-13(2)30-31(4)14(19)3)29-24(22(25)27)20-16(28)7-6-8-17(20)34/h5-8,15,34H,1,9-12H2,2-4H3/t15-/m1/s1. The molecule has 9 nitrogen and oxygen atoms in total. The SMILES string of the molecule is C=CC(=O)N1CCN2C(=O)c3c(-c4c(C)nn(C)c4C)nc(-c4c(O)cccc4F)c(Cl)c3OC[C@H]2C1. The van der Waals surface area contributed by atoms with Gasteiger partial charge in [0.15, 0.2) is 5.75 Å². The monoisotopic (exact) mass is 525 g/mol. The molecule has 2 amide bonds. The van der Waals surface area contributed by atoms with Gasteiger partial charge in [-0.1, -0.05) is 24.2 Å². The number of hydrogen-bond acceptors (Lipinski definition) is 6. The summed E-state index contributed by atoms with van der Waals surface area (Å²) in [6.07, 6.45) is 1.24. The van der Waals surface area contributed by atoms with Crippen molar-refractivity contribution >= 4 is 23.4 Å². The second-order valence-electron chi connectivity index (χ2n) is 9.08. The van der Waals surface area contributed by atoms with Crippen molar-refractivity contribution in [1.82, 2.24) is 24.6 Å². The number of aryl methyl sites for hydroxylation is 2. The van der Waals surface area contributed by atoms with E-state index < -0.39 is 11.9 Å². The summed E-state index contributed by atoms with van der Waals surface area (Å²) >= 11 is 6.75. The number of amides is 2. The number of aromatic nitrogens is 3. The molecule has 0 radical (unpaired) electrons. The number of phenols is 1. The van der Waals surface area contributed by atoms with Gasteiger partial charge in [0.2, 0.25) is 5.91 Å². The molecule has 2 aromatic heterocycles. The molecule has 192 valence electrons. The summed E-state index contributed by atoms with van der Waals surface area (Å²) in [7, 11) is 1.77. The Morgan fingerprint density at radius 1 is 1.24 bits per heavy atom. The van der Waals surface area contributed by atoms with Crippen LogP contribution in [-0.2, 0) is 11.8 Å². The maximum absolute atomic E-state index is 15.0. The van der Waals surface area contributed by atoms with Crippen LogP contribution in [0.3, 0.4) is 0 Å². The van der Waals surface area contributed by atoms with Crippen LogP contribution in [0.25, 0.3) is 22.5 Å². The van der Waals surface area contributed by atoms with E-state index in [-0.39, 0.29) is 70.5 Å². The summed E-state index contributed by atoms with van der Waals surface area (Å²) in [6.45, 7) is 8.10. The third kappa shape index (κ3) is 3.92. The number of aromatic hydroxyl groups is 1. The highest BCUT2D eigenvalue weighted by Gasteiger charge is 2.40. The van der Waals surface area contributed by atoms with Crippen molar-refractivity contribution in [2.45, 2.75) is 19.9 Å². The Kier molecular flexibility index (Phi) is 6.15. The first-order valence-corrected chi connectivity index (χ1v) is 12.1. The molecular weight excluding hydrogens is 501 g/mol. The van der Waals surface area contributed by atoms with E-state index in [1.54, 1.807) is 28.5 Å². The number of nitrogens with zero attached hydrogens (tertiary/aromatic N) is 5. The molecule has 0 aliphatic carbocycles. The first kappa shape index (κ1) is 24.8. The molecule has 1 fully saturated rings. The van der Waals surface area contributed by atoms with E-state index in [1.807, 2.05) is 6.92 Å². The Bertz CT molecular complexity index is 1450. The third-order valence-electron chi connectivity index (χ3n) is 6.93. The molecular formula is C26H25ClFN5O4. The summed E-state index contributed by atoms with van der Waals surface area (Å²) in [5.41, 5.74) is 2.04. The summed E-state index contributed by atoms with van der Waals surface area (Å²) in [5.74, 6) is -1.62. The van der Waals surface area contributed by atoms with Crippen LogP contribution in [0.5, 0.6) is 11.5 Å². The van der Waals surface area contributed by atoms with Gasteiger partial charge < -0.3 is 19.6 Å². The molecule has 3 aromatic rings. The fraction of sp³-hybridized carbons (Fsp3) is 0.308. The van der Waals surface area contributed by atoms with Gasteiger partial charge in [0.1, 0.15) is 34.5 Å². The largest absolute Gasteiger partial charge is 0.507 e. The Morgan fingerprint density at radius 3 is 2.65 bits per heavy atom. The molecule has 0 spiro atoms. The molecule has 0 bridgehead atoms. The number of benzene rings is 1. The number of piperazine rings is 1. The number of phenolic OH excluding ortho intramolecular Hbond substituents is 1. The fourth-order valence-corrected chi connectivity index (χ4v) is 5.29. The van der Waals surface area contributed by atoms with Crippen LogP contribution < -0.4 is 4.74 Å². The molecule has 1 N–H and O–H groups in total. The lowest BCUT2D eigenvalue weighted by Gasteiger charge is -2.39. The van der Waals surface area contributed by atoms with E-state index >= 15 is 0 Å². The van der Waals surface area contributed by atoms with Crippen molar-refractivity contribution in [3.63, 3.8) is 0 Å². The number of hydrogen-bond donors (Lipinski definition) is 1. The average molecular weight is 526 g/mol. The van der Waals surface area contributed by atoms with Gasteiger partial charge in [-0.25, -0.2) is 9.37 Å². The molecule has 11 heteroatoms. The van der Waals surface area contributed by atoms with Gasteiger partial charge in [-0.05, 0) is 32.1 Å². The maximum atomic E-state index is 15.0. The topological polar surface area (TPSA) is 101 Å². The quantitative estimate of drug-likeness (QED) is 0.525. The van der Waals surface area contributed by atoms with E-state index in [9.17, 15) is 19.1 Å². The van der Waals surface area contributed by atoms with Crippen molar-refractivity contribution in [2.24, 2.45) is 7.05 Å². The zero-order chi connectivity index (χ0) is 26.6. The molecule has 4 heterocycles. The van der Waals surface area contributed by atoms with E-state index in [0.717, 1.165) is 5.69 Å². The highest BCUT2D eigenvalue weighted by atomic mass is 35.5. The van der Waals surface area contributed by atoms with Gasteiger partial charge in [0.05, 0.1) is 23.0 Å². The minimum absolute atomic E-state index is 0.0490. The number of fused-ring (bicyclic) bond motifs is 2. The lowest BCUT2D eigenvalue weighted by molar-refractivity contribution is -0.128. The first-order valence-electron chi connectivity index (χ1n) is 11.7. The van der Waals surface area contributed by atoms with Gasteiger partial charge in [-0.15, -0.1) is 0 Å². The number of ether oxygens (including phenoxy) is 1. The van der Waals surface area contributed by atoms with E-state index in [2.05, 4.69) is 16.7 Å². The summed E-state index contributed by atoms with van der Waals surface area (Å²) in [5, 5.41) is 14.9. The molecule has 1 atom stereocenters. The first-order chi connectivity index (χ1) is 17.6. The average Bonchev–Trinajstić information content (AvgIpc) is 3.03. The van der Waals surface area contributed by atoms with Crippen LogP contribution in [0, 0.1) is 19.7 Å². The Morgan fingerprint density at radius 2 is 2.00 bits per heavy atom. The van der Waals surface area contributed by atoms with Crippen molar-refractivity contribution in [2.75, 3.05) is 26.2 Å². The summed E-state index contributed by atoms with van der Waals surface area (Å²) in [4.78, 5) is 34.2. The van der Waals surface area contributed by atoms with Crippen LogP contribution in [-0.4, -0.2) is 73.8 Å². The van der Waals surface area contributed by atoms with Gasteiger partial charge in [-0.3, -0.25) is 14.3 Å². The number of carbonyl (C=O) groups is 2. The Hall–Kier alpha value is -3.92. The third-order valence-corrected chi connectivity index (χ3v) is 7.28. The van der Waals surface area contributed by atoms with Crippen molar-refractivity contribution in [1.29, 1.82) is 0 Å². The van der Waals surface area contributed by atoms with Crippen LogP contribution in [0.1, 0.15) is 21.7 Å². The number of rotatable bonds is 3. The molecule has 5 rings (SSSR count). The van der Waals surface area contributed by atoms with Gasteiger partial charge >= 0.3 is 0 Å². The predicted molar refractivity (Wildman–Crippen MR) is 135 cm³/mol. The lowest BCUT2D eigenvalue weighted by Crippen LogP contribution is -2.57. The predicted octanol–water partition coefficient (Wildman–Crippen LogP) is 3.50. The maximum Gasteiger partial charge on any atom is 0.260 e. The molecule has 0 unspecified atom stereocenters. The normalized spacial score (nSPS) is 17.1. The highest BCUT2D eigenvalue weighted by molar-refractivity contribution is 6.35. The second-order valence-corrected chi connectivity index (χ2v) is 9.46. The number of halogens is 2. The van der Waals surface area contributed by atoms with Crippen LogP contribution in [0.15, 0.2) is 30.9 Å². The molecule has 2 aliphatic heterocycles. The van der Waals surface area contributed by atoms with Crippen LogP contribution in [0.4, 0.5) is 4.39 Å². The van der Waals surface area contributed by atoms with Gasteiger partial charge in [0, 0.05) is 37.9 Å². The smallest absolute Gasteiger partial charge is 0.260 e. The lowest BCUT2D eigenvalue weighted by atomic mass is 9.98. The van der Waals surface area contributed by atoms with Crippen molar-refractivity contribution in [3.05, 3.63) is 58.6 Å². The van der Waals surface area contributed by atoms with Crippen molar-refractivity contribution in [3.8, 4) is 34.0 Å². The van der Waals surface area contributed by atoms with Crippen molar-refractivity contribution < 1.29 is 23.8 Å². The Balaban J connectivity index is 1.75. The molecule has 1 saturated heterocycles. The van der Waals surface area contributed by atoms with Crippen LogP contribution in [0.2, 0.25) is 5.02 Å². The summed E-state index contributed by atoms with van der Waals surface area (Å²) in [6, 6.07) is 3.45. The van der Waals surface area contributed by atoms with E-state index in [0.29, 0.717) is 17.8 Å². The fourth-order valence-electron chi connectivity index (χ4n) is 5.00. The van der Waals surface area contributed by atoms with Gasteiger partial charge in [-0.2, -0.15) is 5.10 Å². The summed E-state index contributed by atoms with van der Waals surface area (Å²) < 4.78 is 22.8. The second kappa shape index (κ2) is 9.19. The zero-order valence-corrected chi connectivity index (χ0v) is 21.3. The number of carbonyl (C=O) groups excluding carboxylic acids is 2. The zero-order valence-electron chi connectivity index (χ0n) is 20.6. The van der Waals surface area contributed by atoms with E-state index in [4.69, 9.17) is 16.3 Å². The van der Waals surface area contributed by atoms with Gasteiger partial charge in [0.25, 0.3) is 5.91 Å². The van der Waals surface area contributed by atoms with E-state index in [1.165, 1.54) is 24.3 Å². The molecule has 1 aromatic carbocycles. The minimum atomic E-state index is -0.726. The van der Waals surface area contributed by atoms with Crippen LogP contribution >= 0.6 is 11.6 Å². The molecule has 2 aliphatic rings. The Labute approximate surface area is 217 Å². The minimum Gasteiger partial charge on any atom is -0.507 e. The number of pyridine rings is 1. The molecule has 0 saturated carbocycles. The highest BCUT2D eigenvalue weighted by Crippen LogP contribution is 2.46. The molecule has 37 heavy (non-hydrogen) atoms.